The van der Waals surface area contributed by atoms with Gasteiger partial charge in [0.05, 0.1) is 0 Å². The van der Waals surface area contributed by atoms with Crippen LogP contribution < -0.4 is 0 Å². The predicted molar refractivity (Wildman–Crippen MR) is 56.2 cm³/mol. The first-order valence-corrected chi connectivity index (χ1v) is 4.77. The molecule has 3 rings (SSSR count). The summed E-state index contributed by atoms with van der Waals surface area (Å²) in [5.41, 5.74) is 1.45. The van der Waals surface area contributed by atoms with Gasteiger partial charge in [-0.25, -0.2) is 4.39 Å². The molecule has 0 amide bonds. The van der Waals surface area contributed by atoms with Crippen molar-refractivity contribution in [2.45, 2.75) is 0 Å². The Morgan fingerprint density at radius 3 is 2.62 bits per heavy atom. The lowest BCUT2D eigenvalue weighted by atomic mass is 10.2. The highest BCUT2D eigenvalue weighted by Gasteiger charge is 2.07. The predicted octanol–water partition coefficient (Wildman–Crippen LogP) is 1.93. The van der Waals surface area contributed by atoms with Gasteiger partial charge in [0.15, 0.2) is 11.5 Å². The van der Waals surface area contributed by atoms with Gasteiger partial charge in [-0.05, 0) is 36.4 Å². The molecule has 0 atom stereocenters. The second-order valence-electron chi connectivity index (χ2n) is 3.32. The molecule has 0 fully saturated rings. The minimum absolute atomic E-state index is 0.273. The normalized spacial score (nSPS) is 10.8. The van der Waals surface area contributed by atoms with E-state index in [-0.39, 0.29) is 5.82 Å². The lowest BCUT2D eigenvalue weighted by Crippen LogP contribution is -1.93. The number of benzene rings is 1. The molecule has 0 saturated carbocycles. The van der Waals surface area contributed by atoms with Crippen molar-refractivity contribution >= 4 is 5.65 Å². The number of aromatic nitrogens is 4. The van der Waals surface area contributed by atoms with E-state index in [9.17, 15) is 4.39 Å². The molecule has 78 valence electrons. The van der Waals surface area contributed by atoms with E-state index >= 15 is 0 Å². The summed E-state index contributed by atoms with van der Waals surface area (Å²) in [5, 5.41) is 12.1. The number of hydrogen-bond acceptors (Lipinski definition) is 3. The molecule has 0 unspecified atom stereocenters. The molecule has 2 aromatic heterocycles. The number of halogens is 1. The van der Waals surface area contributed by atoms with Gasteiger partial charge in [0, 0.05) is 11.8 Å². The lowest BCUT2D eigenvalue weighted by molar-refractivity contribution is 0.628. The second kappa shape index (κ2) is 3.37. The highest BCUT2D eigenvalue weighted by molar-refractivity contribution is 5.58. The number of rotatable bonds is 1. The molecule has 0 spiro atoms. The Kier molecular flexibility index (Phi) is 1.89. The Morgan fingerprint density at radius 2 is 1.81 bits per heavy atom. The number of nitrogens with zero attached hydrogens (tertiary/aromatic N) is 4. The van der Waals surface area contributed by atoms with Crippen LogP contribution in [0.15, 0.2) is 42.6 Å². The van der Waals surface area contributed by atoms with E-state index in [1.165, 1.54) is 12.1 Å². The van der Waals surface area contributed by atoms with Crippen LogP contribution in [0.5, 0.6) is 0 Å². The standard InChI is InChI=1S/C11H7FN4/c12-9-5-3-8(4-6-9)11-15-14-10-2-1-7-13-16(10)11/h1-7H. The summed E-state index contributed by atoms with van der Waals surface area (Å²) in [6.07, 6.45) is 1.66. The van der Waals surface area contributed by atoms with Gasteiger partial charge < -0.3 is 0 Å². The van der Waals surface area contributed by atoms with E-state index < -0.39 is 0 Å². The van der Waals surface area contributed by atoms with Gasteiger partial charge in [-0.15, -0.1) is 10.2 Å². The highest BCUT2D eigenvalue weighted by atomic mass is 19.1. The zero-order valence-electron chi connectivity index (χ0n) is 8.21. The molecule has 16 heavy (non-hydrogen) atoms. The molecule has 0 saturated heterocycles. The summed E-state index contributed by atoms with van der Waals surface area (Å²) in [5.74, 6) is 0.334. The van der Waals surface area contributed by atoms with Crippen molar-refractivity contribution in [3.8, 4) is 11.4 Å². The number of hydrogen-bond donors (Lipinski definition) is 0. The van der Waals surface area contributed by atoms with Crippen molar-refractivity contribution in [3.05, 3.63) is 48.4 Å². The summed E-state index contributed by atoms with van der Waals surface area (Å²) in [6.45, 7) is 0. The average molecular weight is 214 g/mol. The summed E-state index contributed by atoms with van der Waals surface area (Å²) in [6, 6.07) is 9.69. The van der Waals surface area contributed by atoms with E-state index in [2.05, 4.69) is 15.3 Å². The van der Waals surface area contributed by atoms with Gasteiger partial charge in [-0.2, -0.15) is 9.61 Å². The van der Waals surface area contributed by atoms with Crippen molar-refractivity contribution in [1.82, 2.24) is 19.8 Å². The fourth-order valence-corrected chi connectivity index (χ4v) is 1.52. The maximum Gasteiger partial charge on any atom is 0.185 e. The third-order valence-corrected chi connectivity index (χ3v) is 2.28. The summed E-state index contributed by atoms with van der Waals surface area (Å²) < 4.78 is 14.4. The third-order valence-electron chi connectivity index (χ3n) is 2.28. The minimum Gasteiger partial charge on any atom is -0.207 e. The molecule has 0 bridgehead atoms. The molecule has 5 heteroatoms. The SMILES string of the molecule is Fc1ccc(-c2nnc3cccnn23)cc1. The second-order valence-corrected chi connectivity index (χ2v) is 3.32. The van der Waals surface area contributed by atoms with Crippen LogP contribution >= 0.6 is 0 Å². The molecule has 4 nitrogen and oxygen atoms in total. The number of fused-ring (bicyclic) bond motifs is 1. The molecule has 0 N–H and O–H groups in total. The molecule has 2 heterocycles. The zero-order valence-corrected chi connectivity index (χ0v) is 8.21. The largest absolute Gasteiger partial charge is 0.207 e. The molecule has 3 aromatic rings. The van der Waals surface area contributed by atoms with Gasteiger partial charge in [-0.3, -0.25) is 0 Å². The Bertz CT molecular complexity index is 630. The third kappa shape index (κ3) is 1.33. The van der Waals surface area contributed by atoms with E-state index in [1.807, 2.05) is 6.07 Å². The van der Waals surface area contributed by atoms with Crippen LogP contribution in [0.3, 0.4) is 0 Å². The van der Waals surface area contributed by atoms with Gasteiger partial charge >= 0.3 is 0 Å². The van der Waals surface area contributed by atoms with Gasteiger partial charge in [0.1, 0.15) is 5.82 Å². The molecule has 0 aliphatic rings. The maximum absolute atomic E-state index is 12.8. The van der Waals surface area contributed by atoms with Crippen molar-refractivity contribution in [2.24, 2.45) is 0 Å². The Morgan fingerprint density at radius 1 is 1.00 bits per heavy atom. The monoisotopic (exact) mass is 214 g/mol. The van der Waals surface area contributed by atoms with Crippen molar-refractivity contribution in [2.75, 3.05) is 0 Å². The Labute approximate surface area is 90.4 Å². The van der Waals surface area contributed by atoms with Crippen molar-refractivity contribution < 1.29 is 4.39 Å². The smallest absolute Gasteiger partial charge is 0.185 e. The highest BCUT2D eigenvalue weighted by Crippen LogP contribution is 2.17. The van der Waals surface area contributed by atoms with Crippen LogP contribution in [0.25, 0.3) is 17.0 Å². The Balaban J connectivity index is 2.22. The summed E-state index contributed by atoms with van der Waals surface area (Å²) in [4.78, 5) is 0. The van der Waals surface area contributed by atoms with Crippen LogP contribution in [0.1, 0.15) is 0 Å². The molecule has 0 radical (unpaired) electrons. The summed E-state index contributed by atoms with van der Waals surface area (Å²) in [7, 11) is 0. The first-order chi connectivity index (χ1) is 7.84. The van der Waals surface area contributed by atoms with E-state index in [0.29, 0.717) is 11.5 Å². The van der Waals surface area contributed by atoms with Crippen LogP contribution in [0, 0.1) is 5.82 Å². The zero-order chi connectivity index (χ0) is 11.0. The van der Waals surface area contributed by atoms with Crippen LogP contribution in [0.4, 0.5) is 4.39 Å². The van der Waals surface area contributed by atoms with E-state index in [1.54, 1.807) is 28.9 Å². The summed E-state index contributed by atoms with van der Waals surface area (Å²) >= 11 is 0. The average Bonchev–Trinajstić information content (AvgIpc) is 2.74. The van der Waals surface area contributed by atoms with Crippen molar-refractivity contribution in [3.63, 3.8) is 0 Å². The maximum atomic E-state index is 12.8. The van der Waals surface area contributed by atoms with E-state index in [4.69, 9.17) is 0 Å². The van der Waals surface area contributed by atoms with Crippen LogP contribution in [-0.2, 0) is 0 Å². The quantitative estimate of drug-likeness (QED) is 0.621. The molecule has 1 aromatic carbocycles. The van der Waals surface area contributed by atoms with Gasteiger partial charge in [0.2, 0.25) is 0 Å². The minimum atomic E-state index is -0.273. The fraction of sp³-hybridized carbons (Fsp3) is 0. The fourth-order valence-electron chi connectivity index (χ4n) is 1.52. The van der Waals surface area contributed by atoms with Gasteiger partial charge in [-0.1, -0.05) is 0 Å². The van der Waals surface area contributed by atoms with Crippen LogP contribution in [0.2, 0.25) is 0 Å². The molecular weight excluding hydrogens is 207 g/mol. The molecule has 0 aliphatic carbocycles. The molecular formula is C11H7FN4. The Hall–Kier alpha value is -2.30. The van der Waals surface area contributed by atoms with Crippen LogP contribution in [-0.4, -0.2) is 19.8 Å². The van der Waals surface area contributed by atoms with E-state index in [0.717, 1.165) is 5.56 Å². The van der Waals surface area contributed by atoms with Crippen molar-refractivity contribution in [1.29, 1.82) is 0 Å². The topological polar surface area (TPSA) is 43.1 Å². The first kappa shape index (κ1) is 8.96. The molecule has 0 aliphatic heterocycles. The van der Waals surface area contributed by atoms with Gasteiger partial charge in [0.25, 0.3) is 0 Å². The lowest BCUT2D eigenvalue weighted by Gasteiger charge is -1.97. The first-order valence-electron chi connectivity index (χ1n) is 4.77.